The minimum atomic E-state index is -0.184. The number of nitrogens with zero attached hydrogens (tertiary/aromatic N) is 2. The highest BCUT2D eigenvalue weighted by atomic mass is 32.1. The molecule has 1 aromatic carbocycles. The van der Waals surface area contributed by atoms with E-state index in [1.807, 2.05) is 6.07 Å². The van der Waals surface area contributed by atoms with Gasteiger partial charge in [0.15, 0.2) is 5.13 Å². The maximum atomic E-state index is 11.9. The molecule has 2 heterocycles. The summed E-state index contributed by atoms with van der Waals surface area (Å²) in [5.74, 6) is 0.355. The topological polar surface area (TPSA) is 87.7 Å². The highest BCUT2D eigenvalue weighted by Gasteiger charge is 2.07. The van der Waals surface area contributed by atoms with Gasteiger partial charge in [0.25, 0.3) is 5.56 Å². The van der Waals surface area contributed by atoms with Crippen LogP contribution in [-0.4, -0.2) is 20.9 Å². The molecule has 0 radical (unpaired) electrons. The number of para-hydroxylation sites is 1. The predicted octanol–water partition coefficient (Wildman–Crippen LogP) is 1.95. The maximum Gasteiger partial charge on any atom is 0.258 e. The molecular weight excluding hydrogens is 288 g/mol. The number of thiazole rings is 1. The van der Waals surface area contributed by atoms with E-state index in [4.69, 9.17) is 0 Å². The highest BCUT2D eigenvalue weighted by Crippen LogP contribution is 2.11. The van der Waals surface area contributed by atoms with Crippen LogP contribution in [0, 0.1) is 0 Å². The Kier molecular flexibility index (Phi) is 3.74. The van der Waals surface area contributed by atoms with Crippen LogP contribution in [-0.2, 0) is 11.2 Å². The number of nitrogens with one attached hydrogen (secondary N) is 2. The summed E-state index contributed by atoms with van der Waals surface area (Å²) < 4.78 is 0. The minimum Gasteiger partial charge on any atom is -0.310 e. The first-order chi connectivity index (χ1) is 10.2. The highest BCUT2D eigenvalue weighted by molar-refractivity contribution is 7.13. The van der Waals surface area contributed by atoms with E-state index in [2.05, 4.69) is 20.3 Å². The van der Waals surface area contributed by atoms with Crippen LogP contribution in [0.5, 0.6) is 0 Å². The lowest BCUT2D eigenvalue weighted by molar-refractivity contribution is -0.116. The number of anilines is 1. The number of fused-ring (bicyclic) bond motifs is 1. The van der Waals surface area contributed by atoms with Gasteiger partial charge in [-0.05, 0) is 12.1 Å². The fourth-order valence-corrected chi connectivity index (χ4v) is 2.50. The Morgan fingerprint density at radius 2 is 2.19 bits per heavy atom. The zero-order valence-electron chi connectivity index (χ0n) is 11.0. The molecule has 106 valence electrons. The van der Waals surface area contributed by atoms with Crippen LogP contribution in [0.3, 0.4) is 0 Å². The molecular formula is C14H12N4O2S. The minimum absolute atomic E-state index is 0.152. The number of aromatic amines is 1. The molecule has 0 saturated carbocycles. The van der Waals surface area contributed by atoms with Gasteiger partial charge < -0.3 is 10.3 Å². The standard InChI is InChI=1S/C14H12N4O2S/c19-12(18-14-15-7-8-21-14)6-5-11-16-10-4-2-1-3-9(10)13(20)17-11/h1-4,7-8H,5-6H2,(H,15,18,19)(H,16,17,20). The van der Waals surface area contributed by atoms with Gasteiger partial charge in [0.1, 0.15) is 5.82 Å². The van der Waals surface area contributed by atoms with Crippen LogP contribution in [0.4, 0.5) is 5.13 Å². The molecule has 1 amide bonds. The second-order valence-corrected chi connectivity index (χ2v) is 5.31. The molecule has 2 N–H and O–H groups in total. The number of hydrogen-bond donors (Lipinski definition) is 2. The molecule has 0 aliphatic carbocycles. The van der Waals surface area contributed by atoms with E-state index >= 15 is 0 Å². The Morgan fingerprint density at radius 1 is 1.33 bits per heavy atom. The molecule has 0 saturated heterocycles. The second-order valence-electron chi connectivity index (χ2n) is 4.42. The largest absolute Gasteiger partial charge is 0.310 e. The molecule has 0 spiro atoms. The summed E-state index contributed by atoms with van der Waals surface area (Å²) in [6.45, 7) is 0. The Balaban J connectivity index is 1.70. The van der Waals surface area contributed by atoms with Crippen LogP contribution in [0.25, 0.3) is 10.9 Å². The number of benzene rings is 1. The summed E-state index contributed by atoms with van der Waals surface area (Å²) in [4.78, 5) is 34.7. The molecule has 0 aliphatic heterocycles. The third-order valence-corrected chi connectivity index (χ3v) is 3.62. The Hall–Kier alpha value is -2.54. The van der Waals surface area contributed by atoms with Crippen LogP contribution in [0.1, 0.15) is 12.2 Å². The zero-order chi connectivity index (χ0) is 14.7. The summed E-state index contributed by atoms with van der Waals surface area (Å²) in [6, 6.07) is 7.12. The van der Waals surface area contributed by atoms with Crippen molar-refractivity contribution in [2.24, 2.45) is 0 Å². The second kappa shape index (κ2) is 5.84. The number of hydrogen-bond acceptors (Lipinski definition) is 5. The molecule has 0 atom stereocenters. The van der Waals surface area contributed by atoms with Crippen molar-refractivity contribution >= 4 is 33.3 Å². The number of carbonyl (C=O) groups excluding carboxylic acids is 1. The molecule has 0 unspecified atom stereocenters. The number of H-pyrrole nitrogens is 1. The molecule has 7 heteroatoms. The first kappa shape index (κ1) is 13.4. The average Bonchev–Trinajstić information content (AvgIpc) is 2.98. The summed E-state index contributed by atoms with van der Waals surface area (Å²) in [5, 5.41) is 5.60. The lowest BCUT2D eigenvalue weighted by Gasteiger charge is -2.03. The van der Waals surface area contributed by atoms with Gasteiger partial charge in [-0.1, -0.05) is 12.1 Å². The van der Waals surface area contributed by atoms with E-state index in [0.717, 1.165) is 0 Å². The third-order valence-electron chi connectivity index (χ3n) is 2.93. The van der Waals surface area contributed by atoms with Gasteiger partial charge in [-0.2, -0.15) is 0 Å². The van der Waals surface area contributed by atoms with Crippen molar-refractivity contribution in [2.45, 2.75) is 12.8 Å². The summed E-state index contributed by atoms with van der Waals surface area (Å²) in [7, 11) is 0. The monoisotopic (exact) mass is 300 g/mol. The van der Waals surface area contributed by atoms with Crippen molar-refractivity contribution in [1.29, 1.82) is 0 Å². The summed E-state index contributed by atoms with van der Waals surface area (Å²) in [6.07, 6.45) is 2.24. The predicted molar refractivity (Wildman–Crippen MR) is 81.4 cm³/mol. The van der Waals surface area contributed by atoms with Crippen molar-refractivity contribution in [1.82, 2.24) is 15.0 Å². The number of amides is 1. The van der Waals surface area contributed by atoms with Gasteiger partial charge in [-0.15, -0.1) is 11.3 Å². The van der Waals surface area contributed by atoms with E-state index < -0.39 is 0 Å². The van der Waals surface area contributed by atoms with E-state index in [-0.39, 0.29) is 17.9 Å². The number of aryl methyl sites for hydroxylation is 1. The fourth-order valence-electron chi connectivity index (χ4n) is 1.95. The number of carbonyl (C=O) groups is 1. The van der Waals surface area contributed by atoms with Crippen LogP contribution >= 0.6 is 11.3 Å². The first-order valence-electron chi connectivity index (χ1n) is 6.39. The zero-order valence-corrected chi connectivity index (χ0v) is 11.8. The van der Waals surface area contributed by atoms with Gasteiger partial charge >= 0.3 is 0 Å². The quantitative estimate of drug-likeness (QED) is 0.771. The van der Waals surface area contributed by atoms with Crippen molar-refractivity contribution in [3.05, 3.63) is 52.0 Å². The molecule has 21 heavy (non-hydrogen) atoms. The smallest absolute Gasteiger partial charge is 0.258 e. The van der Waals surface area contributed by atoms with Crippen molar-refractivity contribution < 1.29 is 4.79 Å². The molecule has 0 bridgehead atoms. The molecule has 2 aromatic heterocycles. The first-order valence-corrected chi connectivity index (χ1v) is 7.27. The maximum absolute atomic E-state index is 11.9. The fraction of sp³-hybridized carbons (Fsp3) is 0.143. The van der Waals surface area contributed by atoms with Gasteiger partial charge in [-0.3, -0.25) is 9.59 Å². The van der Waals surface area contributed by atoms with Gasteiger partial charge in [0.2, 0.25) is 5.91 Å². The van der Waals surface area contributed by atoms with Gasteiger partial charge in [-0.25, -0.2) is 9.97 Å². The van der Waals surface area contributed by atoms with Crippen LogP contribution in [0.2, 0.25) is 0 Å². The Morgan fingerprint density at radius 3 is 3.00 bits per heavy atom. The van der Waals surface area contributed by atoms with Crippen LogP contribution in [0.15, 0.2) is 40.6 Å². The van der Waals surface area contributed by atoms with Gasteiger partial charge in [0.05, 0.1) is 10.9 Å². The SMILES string of the molecule is O=C(CCc1nc2ccccc2c(=O)[nH]1)Nc1nccs1. The molecule has 6 nitrogen and oxygen atoms in total. The number of aromatic nitrogens is 3. The molecule has 0 aliphatic rings. The third kappa shape index (κ3) is 3.14. The normalized spacial score (nSPS) is 10.7. The van der Waals surface area contributed by atoms with E-state index in [1.54, 1.807) is 29.8 Å². The Labute approximate surface area is 123 Å². The van der Waals surface area contributed by atoms with Crippen molar-refractivity contribution in [3.63, 3.8) is 0 Å². The molecule has 3 aromatic rings. The summed E-state index contributed by atoms with van der Waals surface area (Å²) in [5.41, 5.74) is 0.451. The Bertz CT molecular complexity index is 826. The van der Waals surface area contributed by atoms with Crippen molar-refractivity contribution in [3.8, 4) is 0 Å². The lowest BCUT2D eigenvalue weighted by atomic mass is 10.2. The molecule has 3 rings (SSSR count). The van der Waals surface area contributed by atoms with E-state index in [1.165, 1.54) is 11.3 Å². The van der Waals surface area contributed by atoms with Crippen LogP contribution < -0.4 is 10.9 Å². The summed E-state index contributed by atoms with van der Waals surface area (Å²) >= 11 is 1.36. The van der Waals surface area contributed by atoms with E-state index in [0.29, 0.717) is 28.3 Å². The number of rotatable bonds is 4. The van der Waals surface area contributed by atoms with Gasteiger partial charge in [0, 0.05) is 24.4 Å². The van der Waals surface area contributed by atoms with E-state index in [9.17, 15) is 9.59 Å². The van der Waals surface area contributed by atoms with Crippen molar-refractivity contribution in [2.75, 3.05) is 5.32 Å². The lowest BCUT2D eigenvalue weighted by Crippen LogP contribution is -2.16. The average molecular weight is 300 g/mol. The molecule has 0 fully saturated rings.